The third-order valence-corrected chi connectivity index (χ3v) is 6.89. The zero-order valence-corrected chi connectivity index (χ0v) is 17.8. The maximum atomic E-state index is 12.2. The molecule has 1 aromatic carbocycles. The van der Waals surface area contributed by atoms with E-state index >= 15 is 0 Å². The van der Waals surface area contributed by atoms with Crippen molar-refractivity contribution in [1.82, 2.24) is 0 Å². The average molecular weight is 399 g/mol. The average Bonchev–Trinajstić information content (AvgIpc) is 2.60. The molecular weight excluding hydrogens is 368 g/mol. The number of rotatable bonds is 12. The molecule has 0 saturated carbocycles. The van der Waals surface area contributed by atoms with Gasteiger partial charge in [-0.2, -0.15) is 0 Å². The summed E-state index contributed by atoms with van der Waals surface area (Å²) in [6.07, 6.45) is 3.04. The molecule has 0 saturated heterocycles. The summed E-state index contributed by atoms with van der Waals surface area (Å²) in [5.41, 5.74) is 1.09. The largest absolute Gasteiger partial charge is 0.303 e. The molecule has 0 aliphatic carbocycles. The first kappa shape index (κ1) is 22.9. The SMILES string of the molecule is CC(C)(C=O)CCS(=O)Cc1ccc(CS(=O)CCC(C)(C)C=O)cc1. The Morgan fingerprint density at radius 2 is 1.04 bits per heavy atom. The van der Waals surface area contributed by atoms with Gasteiger partial charge in [-0.05, 0) is 24.0 Å². The molecule has 0 spiro atoms. The molecule has 0 aromatic heterocycles. The summed E-state index contributed by atoms with van der Waals surface area (Å²) in [6.45, 7) is 7.40. The number of carbonyl (C=O) groups is 2. The van der Waals surface area contributed by atoms with E-state index < -0.39 is 32.4 Å². The highest BCUT2D eigenvalue weighted by atomic mass is 32.2. The van der Waals surface area contributed by atoms with Crippen LogP contribution in [-0.2, 0) is 42.7 Å². The second-order valence-electron chi connectivity index (χ2n) is 8.11. The lowest BCUT2D eigenvalue weighted by molar-refractivity contribution is -0.115. The van der Waals surface area contributed by atoms with Gasteiger partial charge in [0, 0.05) is 55.4 Å². The van der Waals surface area contributed by atoms with E-state index in [1.165, 1.54) is 0 Å². The summed E-state index contributed by atoms with van der Waals surface area (Å²) in [5, 5.41) is 0. The molecule has 0 amide bonds. The maximum Gasteiger partial charge on any atom is 0.125 e. The van der Waals surface area contributed by atoms with E-state index in [4.69, 9.17) is 0 Å². The third kappa shape index (κ3) is 8.99. The molecule has 0 aliphatic heterocycles. The number of hydrogen-bond acceptors (Lipinski definition) is 4. The molecule has 26 heavy (non-hydrogen) atoms. The fourth-order valence-electron chi connectivity index (χ4n) is 2.12. The smallest absolute Gasteiger partial charge is 0.125 e. The molecule has 0 fully saturated rings. The Kier molecular flexibility index (Phi) is 9.04. The molecule has 4 nitrogen and oxygen atoms in total. The molecule has 146 valence electrons. The molecular formula is C20H30O4S2. The van der Waals surface area contributed by atoms with Gasteiger partial charge in [0.05, 0.1) is 0 Å². The van der Waals surface area contributed by atoms with Gasteiger partial charge >= 0.3 is 0 Å². The van der Waals surface area contributed by atoms with Gasteiger partial charge in [0.2, 0.25) is 0 Å². The molecule has 2 unspecified atom stereocenters. The van der Waals surface area contributed by atoms with E-state index in [2.05, 4.69) is 0 Å². The van der Waals surface area contributed by atoms with Crippen molar-refractivity contribution in [3.05, 3.63) is 35.4 Å². The highest BCUT2D eigenvalue weighted by Gasteiger charge is 2.18. The van der Waals surface area contributed by atoms with E-state index in [9.17, 15) is 18.0 Å². The summed E-state index contributed by atoms with van der Waals surface area (Å²) >= 11 is 0. The Morgan fingerprint density at radius 3 is 1.31 bits per heavy atom. The van der Waals surface area contributed by atoms with Crippen molar-refractivity contribution in [2.45, 2.75) is 52.0 Å². The summed E-state index contributed by atoms with van der Waals surface area (Å²) < 4.78 is 24.3. The number of aldehydes is 2. The third-order valence-electron chi connectivity index (χ3n) is 4.26. The lowest BCUT2D eigenvalue weighted by atomic mass is 9.93. The van der Waals surface area contributed by atoms with Crippen molar-refractivity contribution in [2.75, 3.05) is 11.5 Å². The first-order valence-electron chi connectivity index (χ1n) is 8.77. The summed E-state index contributed by atoms with van der Waals surface area (Å²) in [4.78, 5) is 21.8. The second kappa shape index (κ2) is 10.3. The zero-order chi connectivity index (χ0) is 19.8. The predicted molar refractivity (Wildman–Crippen MR) is 109 cm³/mol. The Balaban J connectivity index is 2.48. The molecule has 2 atom stereocenters. The monoisotopic (exact) mass is 398 g/mol. The van der Waals surface area contributed by atoms with Crippen molar-refractivity contribution in [3.8, 4) is 0 Å². The molecule has 1 aromatic rings. The highest BCUT2D eigenvalue weighted by Crippen LogP contribution is 2.19. The van der Waals surface area contributed by atoms with E-state index in [0.717, 1.165) is 23.7 Å². The van der Waals surface area contributed by atoms with Crippen molar-refractivity contribution in [3.63, 3.8) is 0 Å². The lowest BCUT2D eigenvalue weighted by Crippen LogP contribution is -2.17. The maximum absolute atomic E-state index is 12.2. The van der Waals surface area contributed by atoms with Crippen molar-refractivity contribution in [2.24, 2.45) is 10.8 Å². The predicted octanol–water partition coefficient (Wildman–Crippen LogP) is 3.41. The fraction of sp³-hybridized carbons (Fsp3) is 0.600. The lowest BCUT2D eigenvalue weighted by Gasteiger charge is -2.16. The van der Waals surface area contributed by atoms with Crippen LogP contribution in [0.3, 0.4) is 0 Å². The first-order chi connectivity index (χ1) is 12.1. The molecule has 6 heteroatoms. The van der Waals surface area contributed by atoms with Gasteiger partial charge in [-0.25, -0.2) is 0 Å². The minimum absolute atomic E-state index is 0.429. The molecule has 0 bridgehead atoms. The Hall–Kier alpha value is -1.14. The summed E-state index contributed by atoms with van der Waals surface area (Å²) in [6, 6.07) is 7.69. The normalized spacial score (nSPS) is 14.6. The molecule has 0 aliphatic rings. The molecule has 1 rings (SSSR count). The standard InChI is InChI=1S/C20H30O4S2/c1-19(2,15-21)9-11-25(23)13-17-5-7-18(8-6-17)14-26(24)12-10-20(3,4)16-22/h5-8,15-16H,9-14H2,1-4H3. The van der Waals surface area contributed by atoms with Gasteiger partial charge in [0.15, 0.2) is 0 Å². The van der Waals surface area contributed by atoms with E-state index in [0.29, 0.717) is 35.9 Å². The first-order valence-corrected chi connectivity index (χ1v) is 11.7. The van der Waals surface area contributed by atoms with Crippen LogP contribution in [0.25, 0.3) is 0 Å². The van der Waals surface area contributed by atoms with Crippen LogP contribution < -0.4 is 0 Å². The van der Waals surface area contributed by atoms with Crippen LogP contribution in [0.2, 0.25) is 0 Å². The minimum Gasteiger partial charge on any atom is -0.303 e. The van der Waals surface area contributed by atoms with Crippen LogP contribution in [0.5, 0.6) is 0 Å². The van der Waals surface area contributed by atoms with Gasteiger partial charge in [-0.3, -0.25) is 8.42 Å². The van der Waals surface area contributed by atoms with Crippen LogP contribution in [0.4, 0.5) is 0 Å². The van der Waals surface area contributed by atoms with Crippen LogP contribution in [0, 0.1) is 10.8 Å². The van der Waals surface area contributed by atoms with Crippen LogP contribution >= 0.6 is 0 Å². The highest BCUT2D eigenvalue weighted by molar-refractivity contribution is 7.84. The Bertz CT molecular complexity index is 591. The second-order valence-corrected chi connectivity index (χ2v) is 11.3. The Labute approximate surface area is 162 Å². The quantitative estimate of drug-likeness (QED) is 0.506. The molecule has 0 heterocycles. The topological polar surface area (TPSA) is 68.3 Å². The van der Waals surface area contributed by atoms with Crippen molar-refractivity contribution in [1.29, 1.82) is 0 Å². The van der Waals surface area contributed by atoms with Gasteiger partial charge in [-0.15, -0.1) is 0 Å². The minimum atomic E-state index is -1.00. The molecule has 0 N–H and O–H groups in total. The Morgan fingerprint density at radius 1 is 0.731 bits per heavy atom. The van der Waals surface area contributed by atoms with E-state index in [1.807, 2.05) is 52.0 Å². The number of carbonyl (C=O) groups excluding carboxylic acids is 2. The van der Waals surface area contributed by atoms with Crippen LogP contribution in [0.15, 0.2) is 24.3 Å². The fourth-order valence-corrected chi connectivity index (χ4v) is 5.04. The summed E-state index contributed by atoms with van der Waals surface area (Å²) in [7, 11) is -2.01. The van der Waals surface area contributed by atoms with Gasteiger partial charge in [-0.1, -0.05) is 52.0 Å². The number of benzene rings is 1. The van der Waals surface area contributed by atoms with E-state index in [1.54, 1.807) is 0 Å². The van der Waals surface area contributed by atoms with Crippen molar-refractivity contribution < 1.29 is 18.0 Å². The van der Waals surface area contributed by atoms with Gasteiger partial charge in [0.1, 0.15) is 12.6 Å². The van der Waals surface area contributed by atoms with Crippen LogP contribution in [0.1, 0.15) is 51.7 Å². The van der Waals surface area contributed by atoms with Gasteiger partial charge in [0.25, 0.3) is 0 Å². The van der Waals surface area contributed by atoms with Crippen LogP contribution in [-0.4, -0.2) is 32.5 Å². The number of hydrogen-bond donors (Lipinski definition) is 0. The zero-order valence-electron chi connectivity index (χ0n) is 16.2. The van der Waals surface area contributed by atoms with Crippen molar-refractivity contribution >= 4 is 34.2 Å². The molecule has 0 radical (unpaired) electrons. The van der Waals surface area contributed by atoms with E-state index in [-0.39, 0.29) is 0 Å². The van der Waals surface area contributed by atoms with Gasteiger partial charge < -0.3 is 9.59 Å². The summed E-state index contributed by atoms with van der Waals surface area (Å²) in [5.74, 6) is 1.94.